The van der Waals surface area contributed by atoms with Crippen molar-refractivity contribution in [3.05, 3.63) is 90.5 Å². The van der Waals surface area contributed by atoms with Gasteiger partial charge in [0.1, 0.15) is 0 Å². The molecule has 0 aliphatic rings. The quantitative estimate of drug-likeness (QED) is 0.0676. The average Bonchev–Trinajstić information content (AvgIpc) is 2.97. The van der Waals surface area contributed by atoms with Crippen LogP contribution in [0.25, 0.3) is 21.9 Å². The van der Waals surface area contributed by atoms with Crippen LogP contribution in [0.1, 0.15) is 78.1 Å². The summed E-state index contributed by atoms with van der Waals surface area (Å²) < 4.78 is 32.1. The summed E-state index contributed by atoms with van der Waals surface area (Å²) in [4.78, 5) is -0.162. The molecule has 0 amide bonds. The van der Waals surface area contributed by atoms with Crippen LogP contribution in [0.5, 0.6) is 0 Å². The number of fused-ring (bicyclic) bond motifs is 1. The van der Waals surface area contributed by atoms with Gasteiger partial charge in [0.2, 0.25) is 0 Å². The molecule has 4 aromatic rings. The van der Waals surface area contributed by atoms with E-state index in [-0.39, 0.29) is 35.9 Å². The Morgan fingerprint density at radius 3 is 1.93 bits per heavy atom. The van der Waals surface area contributed by atoms with Crippen LogP contribution < -0.4 is 29.6 Å². The molecule has 0 spiro atoms. The van der Waals surface area contributed by atoms with Gasteiger partial charge in [-0.05, 0) is 65.3 Å². The topological polar surface area (TPSA) is 79.1 Å². The van der Waals surface area contributed by atoms with Crippen molar-refractivity contribution in [2.45, 2.75) is 82.4 Å². The fourth-order valence-corrected chi connectivity index (χ4v) is 5.68. The average molecular weight is 581 g/mol. The molecule has 0 aliphatic carbocycles. The van der Waals surface area contributed by atoms with E-state index >= 15 is 0 Å². The first kappa shape index (κ1) is 33.2. The number of unbranched alkanes of at least 4 members (excludes halogenated alkanes) is 9. The van der Waals surface area contributed by atoms with E-state index in [1.54, 1.807) is 12.1 Å². The zero-order valence-corrected chi connectivity index (χ0v) is 27.2. The summed E-state index contributed by atoms with van der Waals surface area (Å²) in [6.45, 7) is 2.26. The van der Waals surface area contributed by atoms with Crippen LogP contribution in [0, 0.1) is 0 Å². The second kappa shape index (κ2) is 16.9. The maximum absolute atomic E-state index is 11.4. The molecule has 41 heavy (non-hydrogen) atoms. The van der Waals surface area contributed by atoms with Gasteiger partial charge in [-0.3, -0.25) is 4.55 Å². The largest absolute Gasteiger partial charge is 1.00 e. The van der Waals surface area contributed by atoms with Crippen molar-refractivity contribution >= 4 is 32.3 Å². The van der Waals surface area contributed by atoms with E-state index in [4.69, 9.17) is 5.11 Å². The number of nitrogens with zero attached hydrogens (tertiary/aromatic N) is 2. The van der Waals surface area contributed by atoms with E-state index in [9.17, 15) is 13.0 Å². The van der Waals surface area contributed by atoms with Crippen LogP contribution in [0.15, 0.2) is 100 Å². The third-order valence-electron chi connectivity index (χ3n) is 7.39. The van der Waals surface area contributed by atoms with E-state index in [0.717, 1.165) is 34.9 Å². The molecule has 0 fully saturated rings. The molecule has 0 aromatic heterocycles. The Balaban J connectivity index is 0.00000308. The Labute approximate surface area is 269 Å². The molecule has 0 bridgehead atoms. The molecule has 0 unspecified atom stereocenters. The molecule has 0 saturated heterocycles. The Morgan fingerprint density at radius 1 is 0.707 bits per heavy atom. The summed E-state index contributed by atoms with van der Waals surface area (Å²) in [5, 5.41) is 11.4. The number of azo groups is 1. The summed E-state index contributed by atoms with van der Waals surface area (Å²) in [7, 11) is -4.26. The summed E-state index contributed by atoms with van der Waals surface area (Å²) >= 11 is 0. The molecule has 4 rings (SSSR count). The van der Waals surface area contributed by atoms with Gasteiger partial charge in [0.05, 0.1) is 16.3 Å². The van der Waals surface area contributed by atoms with Crippen molar-refractivity contribution in [1.82, 2.24) is 0 Å². The van der Waals surface area contributed by atoms with Crippen LogP contribution in [0.3, 0.4) is 0 Å². The number of rotatable bonds is 15. The van der Waals surface area contributed by atoms with Crippen molar-refractivity contribution in [2.24, 2.45) is 10.2 Å². The Kier molecular flexibility index (Phi) is 13.7. The zero-order chi connectivity index (χ0) is 28.2. The molecule has 7 heteroatoms. The van der Waals surface area contributed by atoms with Gasteiger partial charge in [0, 0.05) is 5.39 Å². The third kappa shape index (κ3) is 9.86. The Hall–Kier alpha value is -2.35. The molecule has 212 valence electrons. The van der Waals surface area contributed by atoms with Crippen LogP contribution in [-0.4, -0.2) is 13.0 Å². The van der Waals surface area contributed by atoms with Gasteiger partial charge in [-0.2, -0.15) is 13.5 Å². The summed E-state index contributed by atoms with van der Waals surface area (Å²) in [6, 6.07) is 26.7. The standard InChI is InChI=1S/C34H40N2O3S.Na.H/c1-2-3-4-5-6-7-8-9-10-14-21-32-33(27-17-12-11-13-18-27)26-28-19-15-16-20-31(28)34(32)36-35-29-22-24-30(25-23-29)40(37,38)39;;/h11-13,15-20,22-26H,2-10,14,21H2,1H3,(H,37,38,39);;/q;+1;-1. The molecule has 5 nitrogen and oxygen atoms in total. The first-order valence-electron chi connectivity index (χ1n) is 14.6. The van der Waals surface area contributed by atoms with Crippen LogP contribution in [-0.2, 0) is 16.5 Å². The predicted molar refractivity (Wildman–Crippen MR) is 166 cm³/mol. The van der Waals surface area contributed by atoms with Gasteiger partial charge in [-0.1, -0.05) is 119 Å². The number of benzene rings is 4. The molecule has 0 saturated carbocycles. The van der Waals surface area contributed by atoms with Crippen LogP contribution in [0.2, 0.25) is 0 Å². The molecule has 0 aliphatic heterocycles. The van der Waals surface area contributed by atoms with Gasteiger partial charge >= 0.3 is 29.6 Å². The van der Waals surface area contributed by atoms with Crippen molar-refractivity contribution in [2.75, 3.05) is 0 Å². The smallest absolute Gasteiger partial charge is 1.00 e. The zero-order valence-electron chi connectivity index (χ0n) is 25.4. The maximum Gasteiger partial charge on any atom is 1.00 e. The van der Waals surface area contributed by atoms with Crippen molar-refractivity contribution < 1.29 is 44.0 Å². The summed E-state index contributed by atoms with van der Waals surface area (Å²) in [5.41, 5.74) is 4.89. The molecular formula is C34H41N2NaO3S. The SMILES string of the molecule is CCCCCCCCCCCCc1c(-c2ccccc2)cc2ccccc2c1N=Nc1ccc(S(=O)(=O)O)cc1.[H-].[Na+]. The maximum atomic E-state index is 11.4. The van der Waals surface area contributed by atoms with Crippen LogP contribution >= 0.6 is 0 Å². The molecule has 0 heterocycles. The second-order valence-corrected chi connectivity index (χ2v) is 11.9. The van der Waals surface area contributed by atoms with E-state index in [1.165, 1.54) is 81.0 Å². The van der Waals surface area contributed by atoms with Crippen molar-refractivity contribution in [3.63, 3.8) is 0 Å². The number of hydrogen-bond donors (Lipinski definition) is 1. The first-order valence-corrected chi connectivity index (χ1v) is 16.0. The Bertz CT molecular complexity index is 1510. The minimum atomic E-state index is -4.26. The second-order valence-electron chi connectivity index (χ2n) is 10.4. The fraction of sp³-hybridized carbons (Fsp3) is 0.353. The van der Waals surface area contributed by atoms with E-state index in [0.29, 0.717) is 5.69 Å². The summed E-state index contributed by atoms with van der Waals surface area (Å²) in [6.07, 6.45) is 13.8. The monoisotopic (exact) mass is 580 g/mol. The molecule has 0 radical (unpaired) electrons. The molecule has 0 atom stereocenters. The van der Waals surface area contributed by atoms with E-state index in [2.05, 4.69) is 54.5 Å². The van der Waals surface area contributed by atoms with Crippen molar-refractivity contribution in [3.8, 4) is 11.1 Å². The van der Waals surface area contributed by atoms with Gasteiger partial charge in [-0.15, -0.1) is 5.11 Å². The van der Waals surface area contributed by atoms with E-state index in [1.807, 2.05) is 18.2 Å². The molecule has 1 N–H and O–H groups in total. The Morgan fingerprint density at radius 2 is 1.29 bits per heavy atom. The molecule has 4 aromatic carbocycles. The summed E-state index contributed by atoms with van der Waals surface area (Å²) in [5.74, 6) is 0. The van der Waals surface area contributed by atoms with Crippen LogP contribution in [0.4, 0.5) is 11.4 Å². The van der Waals surface area contributed by atoms with Gasteiger partial charge in [0.15, 0.2) is 0 Å². The predicted octanol–water partition coefficient (Wildman–Crippen LogP) is 7.75. The molecular weight excluding hydrogens is 539 g/mol. The van der Waals surface area contributed by atoms with Gasteiger partial charge < -0.3 is 1.43 Å². The minimum absolute atomic E-state index is 0. The van der Waals surface area contributed by atoms with Gasteiger partial charge in [-0.25, -0.2) is 0 Å². The normalized spacial score (nSPS) is 11.7. The number of hydrogen-bond acceptors (Lipinski definition) is 4. The fourth-order valence-electron chi connectivity index (χ4n) is 5.20. The first-order chi connectivity index (χ1) is 19.5. The van der Waals surface area contributed by atoms with E-state index < -0.39 is 10.1 Å². The van der Waals surface area contributed by atoms with Gasteiger partial charge in [0.25, 0.3) is 10.1 Å². The third-order valence-corrected chi connectivity index (χ3v) is 8.26. The van der Waals surface area contributed by atoms with Crippen molar-refractivity contribution in [1.29, 1.82) is 0 Å². The minimum Gasteiger partial charge on any atom is -1.00 e.